The Morgan fingerprint density at radius 1 is 0.938 bits per heavy atom. The summed E-state index contributed by atoms with van der Waals surface area (Å²) in [6, 6.07) is 24.6. The van der Waals surface area contributed by atoms with Gasteiger partial charge in [0.25, 0.3) is 0 Å². The Morgan fingerprint density at radius 2 is 1.62 bits per heavy atom. The van der Waals surface area contributed by atoms with E-state index < -0.39 is 0 Å². The van der Waals surface area contributed by atoms with Gasteiger partial charge in [0.05, 0.1) is 0 Å². The van der Waals surface area contributed by atoms with Gasteiger partial charge in [0.2, 0.25) is 0 Å². The van der Waals surface area contributed by atoms with Gasteiger partial charge in [-0.05, 0) is 78.1 Å². The molecule has 3 nitrogen and oxygen atoms in total. The van der Waals surface area contributed by atoms with E-state index in [9.17, 15) is 4.39 Å². The average Bonchev–Trinajstić information content (AvgIpc) is 2.81. The molecule has 4 heteroatoms. The van der Waals surface area contributed by atoms with Crippen molar-refractivity contribution in [3.8, 4) is 11.1 Å². The van der Waals surface area contributed by atoms with E-state index in [1.807, 2.05) is 50.2 Å². The lowest BCUT2D eigenvalue weighted by Gasteiger charge is -2.07. The normalized spacial score (nSPS) is 10.1. The molecule has 0 saturated carbocycles. The number of hydrogen-bond donors (Lipinski definition) is 2. The highest BCUT2D eigenvalue weighted by atomic mass is 19.1. The fourth-order valence-corrected chi connectivity index (χ4v) is 3.10. The van der Waals surface area contributed by atoms with Gasteiger partial charge in [-0.3, -0.25) is 4.98 Å². The lowest BCUT2D eigenvalue weighted by molar-refractivity contribution is 0.628. The second-order valence-electron chi connectivity index (χ2n) is 7.65. The fourth-order valence-electron chi connectivity index (χ4n) is 3.10. The van der Waals surface area contributed by atoms with Crippen LogP contribution in [0.5, 0.6) is 0 Å². The van der Waals surface area contributed by atoms with Gasteiger partial charge in [-0.1, -0.05) is 54.6 Å². The van der Waals surface area contributed by atoms with Crippen LogP contribution in [-0.2, 0) is 6.54 Å². The van der Waals surface area contributed by atoms with Crippen molar-refractivity contribution in [1.29, 1.82) is 0 Å². The van der Waals surface area contributed by atoms with Crippen molar-refractivity contribution in [2.45, 2.75) is 20.4 Å². The van der Waals surface area contributed by atoms with Crippen molar-refractivity contribution < 1.29 is 4.39 Å². The van der Waals surface area contributed by atoms with Crippen molar-refractivity contribution in [2.24, 2.45) is 0 Å². The zero-order chi connectivity index (χ0) is 22.9. The molecule has 4 aromatic rings. The first-order valence-electron chi connectivity index (χ1n) is 10.4. The van der Waals surface area contributed by atoms with E-state index in [4.69, 9.17) is 5.73 Å². The molecule has 1 heterocycles. The highest BCUT2D eigenvalue weighted by Gasteiger charge is 2.01. The predicted molar refractivity (Wildman–Crippen MR) is 134 cm³/mol. The summed E-state index contributed by atoms with van der Waals surface area (Å²) in [5, 5.41) is 3.35. The van der Waals surface area contributed by atoms with E-state index in [-0.39, 0.29) is 5.82 Å². The Labute approximate surface area is 189 Å². The maximum absolute atomic E-state index is 13.0. The third-order valence-corrected chi connectivity index (χ3v) is 5.05. The number of hydrogen-bond acceptors (Lipinski definition) is 3. The third kappa shape index (κ3) is 6.54. The molecule has 32 heavy (non-hydrogen) atoms. The summed E-state index contributed by atoms with van der Waals surface area (Å²) in [4.78, 5) is 3.98. The summed E-state index contributed by atoms with van der Waals surface area (Å²) in [5.41, 5.74) is 14.0. The highest BCUT2D eigenvalue weighted by molar-refractivity contribution is 5.67. The lowest BCUT2D eigenvalue weighted by Crippen LogP contribution is -1.99. The SMILES string of the molecule is C=C(C)c1ccc(CNc2ccncc2)cc1.Cc1cc(-c2cccc(F)c2)ccc1N. The summed E-state index contributed by atoms with van der Waals surface area (Å²) in [6.07, 6.45) is 3.57. The summed E-state index contributed by atoms with van der Waals surface area (Å²) in [5.74, 6) is -0.220. The summed E-state index contributed by atoms with van der Waals surface area (Å²) in [7, 11) is 0. The number of benzene rings is 3. The van der Waals surface area contributed by atoms with Crippen LogP contribution >= 0.6 is 0 Å². The molecule has 0 bridgehead atoms. The second kappa shape index (κ2) is 10.9. The van der Waals surface area contributed by atoms with Gasteiger partial charge in [0, 0.05) is 30.3 Å². The number of aryl methyl sites for hydroxylation is 1. The Bertz CT molecular complexity index is 1170. The molecule has 0 spiro atoms. The molecule has 0 radical (unpaired) electrons. The number of pyridine rings is 1. The molecule has 0 aliphatic carbocycles. The first-order chi connectivity index (χ1) is 15.4. The zero-order valence-electron chi connectivity index (χ0n) is 18.5. The monoisotopic (exact) mass is 425 g/mol. The molecule has 0 aliphatic rings. The largest absolute Gasteiger partial charge is 0.399 e. The molecule has 0 unspecified atom stereocenters. The van der Waals surface area contributed by atoms with E-state index >= 15 is 0 Å². The number of allylic oxidation sites excluding steroid dienone is 1. The molecule has 0 saturated heterocycles. The molecule has 1 aromatic heterocycles. The highest BCUT2D eigenvalue weighted by Crippen LogP contribution is 2.23. The Kier molecular flexibility index (Phi) is 7.76. The maximum atomic E-state index is 13.0. The minimum absolute atomic E-state index is 0.220. The van der Waals surface area contributed by atoms with Gasteiger partial charge in [0.15, 0.2) is 0 Å². The van der Waals surface area contributed by atoms with Crippen molar-refractivity contribution in [3.63, 3.8) is 0 Å². The predicted octanol–water partition coefficient (Wildman–Crippen LogP) is 7.11. The van der Waals surface area contributed by atoms with E-state index in [1.165, 1.54) is 23.3 Å². The number of nitrogen functional groups attached to an aromatic ring is 1. The van der Waals surface area contributed by atoms with Crippen LogP contribution in [0.15, 0.2) is 97.8 Å². The van der Waals surface area contributed by atoms with Crippen LogP contribution in [0.3, 0.4) is 0 Å². The van der Waals surface area contributed by atoms with Crippen molar-refractivity contribution in [3.05, 3.63) is 120 Å². The number of anilines is 2. The van der Waals surface area contributed by atoms with Gasteiger partial charge >= 0.3 is 0 Å². The smallest absolute Gasteiger partial charge is 0.123 e. The van der Waals surface area contributed by atoms with Crippen molar-refractivity contribution in [1.82, 2.24) is 4.98 Å². The number of rotatable bonds is 5. The van der Waals surface area contributed by atoms with E-state index in [1.54, 1.807) is 18.5 Å². The average molecular weight is 426 g/mol. The molecule has 0 fully saturated rings. The summed E-state index contributed by atoms with van der Waals surface area (Å²) in [6.45, 7) is 8.71. The fraction of sp³-hybridized carbons (Fsp3) is 0.107. The van der Waals surface area contributed by atoms with Crippen LogP contribution in [0.25, 0.3) is 16.7 Å². The molecule has 4 rings (SSSR count). The molecule has 0 aliphatic heterocycles. The second-order valence-corrected chi connectivity index (χ2v) is 7.65. The third-order valence-electron chi connectivity index (χ3n) is 5.05. The Morgan fingerprint density at radius 3 is 2.25 bits per heavy atom. The molecular formula is C28H28FN3. The first-order valence-corrected chi connectivity index (χ1v) is 10.4. The summed E-state index contributed by atoms with van der Waals surface area (Å²) >= 11 is 0. The zero-order valence-corrected chi connectivity index (χ0v) is 18.5. The molecule has 3 N–H and O–H groups in total. The number of nitrogens with one attached hydrogen (secondary N) is 1. The van der Waals surface area contributed by atoms with Crippen LogP contribution in [0, 0.1) is 12.7 Å². The Balaban J connectivity index is 0.000000182. The van der Waals surface area contributed by atoms with Crippen molar-refractivity contribution in [2.75, 3.05) is 11.1 Å². The Hall–Kier alpha value is -3.92. The van der Waals surface area contributed by atoms with Gasteiger partial charge < -0.3 is 11.1 Å². The molecule has 0 atom stereocenters. The van der Waals surface area contributed by atoms with Crippen molar-refractivity contribution >= 4 is 16.9 Å². The molecule has 3 aromatic carbocycles. The lowest BCUT2D eigenvalue weighted by atomic mass is 10.0. The topological polar surface area (TPSA) is 50.9 Å². The minimum Gasteiger partial charge on any atom is -0.399 e. The van der Waals surface area contributed by atoms with Gasteiger partial charge in [0.1, 0.15) is 5.82 Å². The maximum Gasteiger partial charge on any atom is 0.123 e. The first kappa shape index (κ1) is 22.8. The van der Waals surface area contributed by atoms with Crippen LogP contribution in [0.1, 0.15) is 23.6 Å². The van der Waals surface area contributed by atoms with Crippen LogP contribution in [0.2, 0.25) is 0 Å². The van der Waals surface area contributed by atoms with E-state index in [0.29, 0.717) is 0 Å². The van der Waals surface area contributed by atoms with E-state index in [2.05, 4.69) is 41.1 Å². The van der Waals surface area contributed by atoms with Gasteiger partial charge in [-0.15, -0.1) is 0 Å². The minimum atomic E-state index is -0.220. The van der Waals surface area contributed by atoms with Gasteiger partial charge in [-0.2, -0.15) is 0 Å². The summed E-state index contributed by atoms with van der Waals surface area (Å²) < 4.78 is 13.0. The van der Waals surface area contributed by atoms with E-state index in [0.717, 1.165) is 40.2 Å². The standard InChI is InChI=1S/C15H16N2.C13H12FN/c1-12(2)14-5-3-13(4-6-14)11-17-15-7-9-16-10-8-15;1-9-7-11(5-6-13(9)15)10-3-2-4-12(14)8-10/h3-10H,1,11H2,2H3,(H,16,17);2-8H,15H2,1H3. The quantitative estimate of drug-likeness (QED) is 0.335. The number of aromatic nitrogens is 1. The molecule has 0 amide bonds. The van der Waals surface area contributed by atoms with Crippen LogP contribution < -0.4 is 11.1 Å². The number of halogens is 1. The number of nitrogens with zero attached hydrogens (tertiary/aromatic N) is 1. The number of nitrogens with two attached hydrogens (primary N) is 1. The molecule has 162 valence electrons. The van der Waals surface area contributed by atoms with Crippen LogP contribution in [0.4, 0.5) is 15.8 Å². The van der Waals surface area contributed by atoms with Crippen LogP contribution in [-0.4, -0.2) is 4.98 Å². The van der Waals surface area contributed by atoms with Gasteiger partial charge in [-0.25, -0.2) is 4.39 Å². The molecular weight excluding hydrogens is 397 g/mol.